The van der Waals surface area contributed by atoms with E-state index >= 15 is 0 Å². The number of nitrogens with one attached hydrogen (secondary N) is 2. The van der Waals surface area contributed by atoms with Gasteiger partial charge in [-0.15, -0.1) is 0 Å². The SMILES string of the molecule is CC(C)[C@@H]1CCO[C@@H]1c1nc(-c2ccc3[nH]c(=O)[nH]c3c2)no1. The zero-order chi connectivity index (χ0) is 16.0. The molecule has 0 spiro atoms. The van der Waals surface area contributed by atoms with Crippen molar-refractivity contribution < 1.29 is 9.26 Å². The third-order valence-corrected chi connectivity index (χ3v) is 4.45. The molecule has 0 amide bonds. The van der Waals surface area contributed by atoms with Crippen molar-refractivity contribution in [1.29, 1.82) is 0 Å². The third kappa shape index (κ3) is 2.46. The summed E-state index contributed by atoms with van der Waals surface area (Å²) in [6, 6.07) is 5.51. The van der Waals surface area contributed by atoms with Gasteiger partial charge in [-0.1, -0.05) is 19.0 Å². The summed E-state index contributed by atoms with van der Waals surface area (Å²) in [5.74, 6) is 1.92. The molecule has 120 valence electrons. The Morgan fingerprint density at radius 3 is 2.91 bits per heavy atom. The van der Waals surface area contributed by atoms with Crippen LogP contribution in [0.5, 0.6) is 0 Å². The maximum atomic E-state index is 11.3. The molecule has 0 unspecified atom stereocenters. The highest BCUT2D eigenvalue weighted by Gasteiger charge is 2.36. The highest BCUT2D eigenvalue weighted by atomic mass is 16.5. The number of nitrogens with zero attached hydrogens (tertiary/aromatic N) is 2. The molecule has 3 heterocycles. The Balaban J connectivity index is 1.67. The minimum atomic E-state index is -0.231. The van der Waals surface area contributed by atoms with Crippen molar-refractivity contribution in [1.82, 2.24) is 20.1 Å². The van der Waals surface area contributed by atoms with Gasteiger partial charge >= 0.3 is 5.69 Å². The lowest BCUT2D eigenvalue weighted by atomic mass is 9.89. The number of benzene rings is 1. The minimum absolute atomic E-state index is 0.132. The van der Waals surface area contributed by atoms with E-state index in [1.807, 2.05) is 18.2 Å². The van der Waals surface area contributed by atoms with Crippen LogP contribution in [-0.2, 0) is 4.74 Å². The molecule has 23 heavy (non-hydrogen) atoms. The molecule has 0 aliphatic carbocycles. The van der Waals surface area contributed by atoms with Gasteiger partial charge in [0.25, 0.3) is 5.89 Å². The van der Waals surface area contributed by atoms with Gasteiger partial charge in [-0.05, 0) is 36.5 Å². The summed E-state index contributed by atoms with van der Waals surface area (Å²) in [5.41, 5.74) is 2.03. The Hall–Kier alpha value is -2.41. The van der Waals surface area contributed by atoms with Crippen molar-refractivity contribution in [2.75, 3.05) is 6.61 Å². The summed E-state index contributed by atoms with van der Waals surface area (Å²) in [7, 11) is 0. The molecule has 0 bridgehead atoms. The molecule has 2 atom stereocenters. The van der Waals surface area contributed by atoms with Crippen LogP contribution in [0.4, 0.5) is 0 Å². The topological polar surface area (TPSA) is 96.8 Å². The summed E-state index contributed by atoms with van der Waals surface area (Å²) in [6.07, 6.45) is 0.878. The number of imidazole rings is 1. The fourth-order valence-electron chi connectivity index (χ4n) is 3.18. The Bertz CT molecular complexity index is 892. The number of aromatic amines is 2. The molecule has 1 aliphatic heterocycles. The van der Waals surface area contributed by atoms with Gasteiger partial charge in [0.2, 0.25) is 5.82 Å². The number of H-pyrrole nitrogens is 2. The summed E-state index contributed by atoms with van der Waals surface area (Å²) in [6.45, 7) is 5.08. The van der Waals surface area contributed by atoms with Crippen LogP contribution in [0.1, 0.15) is 32.3 Å². The van der Waals surface area contributed by atoms with E-state index in [0.29, 0.717) is 23.6 Å². The van der Waals surface area contributed by atoms with Gasteiger partial charge in [0.05, 0.1) is 11.0 Å². The molecule has 1 saturated heterocycles. The lowest BCUT2D eigenvalue weighted by Gasteiger charge is -2.18. The van der Waals surface area contributed by atoms with Crippen molar-refractivity contribution in [2.24, 2.45) is 11.8 Å². The number of rotatable bonds is 3. The lowest BCUT2D eigenvalue weighted by molar-refractivity contribution is 0.0520. The average Bonchev–Trinajstić information content (AvgIpc) is 3.23. The zero-order valence-electron chi connectivity index (χ0n) is 13.0. The van der Waals surface area contributed by atoms with E-state index in [1.54, 1.807) is 0 Å². The third-order valence-electron chi connectivity index (χ3n) is 4.45. The monoisotopic (exact) mass is 314 g/mol. The zero-order valence-corrected chi connectivity index (χ0v) is 13.0. The van der Waals surface area contributed by atoms with E-state index in [9.17, 15) is 4.79 Å². The largest absolute Gasteiger partial charge is 0.368 e. The van der Waals surface area contributed by atoms with Crippen LogP contribution in [-0.4, -0.2) is 26.7 Å². The second-order valence-electron chi connectivity index (χ2n) is 6.28. The quantitative estimate of drug-likeness (QED) is 0.774. The first-order valence-electron chi connectivity index (χ1n) is 7.79. The molecule has 7 heteroatoms. The van der Waals surface area contributed by atoms with Crippen LogP contribution >= 0.6 is 0 Å². The first kappa shape index (κ1) is 14.2. The molecule has 3 aromatic rings. The summed E-state index contributed by atoms with van der Waals surface area (Å²) >= 11 is 0. The summed E-state index contributed by atoms with van der Waals surface area (Å²) in [4.78, 5) is 21.3. The van der Waals surface area contributed by atoms with Crippen LogP contribution < -0.4 is 5.69 Å². The van der Waals surface area contributed by atoms with Gasteiger partial charge < -0.3 is 19.2 Å². The van der Waals surface area contributed by atoms with E-state index < -0.39 is 0 Å². The second kappa shape index (κ2) is 5.34. The van der Waals surface area contributed by atoms with E-state index in [4.69, 9.17) is 9.26 Å². The highest BCUT2D eigenvalue weighted by molar-refractivity contribution is 5.79. The van der Waals surface area contributed by atoms with Gasteiger partial charge in [-0.25, -0.2) is 4.79 Å². The molecule has 2 N–H and O–H groups in total. The van der Waals surface area contributed by atoms with E-state index in [1.165, 1.54) is 0 Å². The van der Waals surface area contributed by atoms with Crippen LogP contribution in [0.25, 0.3) is 22.4 Å². The predicted molar refractivity (Wildman–Crippen MR) is 83.8 cm³/mol. The summed E-state index contributed by atoms with van der Waals surface area (Å²) < 4.78 is 11.2. The molecule has 0 saturated carbocycles. The van der Waals surface area contributed by atoms with Crippen LogP contribution in [0.2, 0.25) is 0 Å². The lowest BCUT2D eigenvalue weighted by Crippen LogP contribution is -2.13. The number of fused-ring (bicyclic) bond motifs is 1. The Kier molecular flexibility index (Phi) is 3.30. The molecular formula is C16H18N4O3. The number of hydrogen-bond acceptors (Lipinski definition) is 5. The van der Waals surface area contributed by atoms with Gasteiger partial charge in [0.15, 0.2) is 0 Å². The first-order valence-corrected chi connectivity index (χ1v) is 7.79. The fourth-order valence-corrected chi connectivity index (χ4v) is 3.18. The molecule has 7 nitrogen and oxygen atoms in total. The van der Waals surface area contributed by atoms with Gasteiger partial charge in [0.1, 0.15) is 6.10 Å². The Morgan fingerprint density at radius 2 is 2.09 bits per heavy atom. The average molecular weight is 314 g/mol. The molecule has 1 aliphatic rings. The van der Waals surface area contributed by atoms with Crippen LogP contribution in [0, 0.1) is 11.8 Å². The highest BCUT2D eigenvalue weighted by Crippen LogP contribution is 2.38. The fraction of sp³-hybridized carbons (Fsp3) is 0.438. The van der Waals surface area contributed by atoms with Crippen molar-refractivity contribution >= 4 is 11.0 Å². The second-order valence-corrected chi connectivity index (χ2v) is 6.28. The molecule has 4 rings (SSSR count). The molecule has 1 aromatic carbocycles. The van der Waals surface area contributed by atoms with Crippen molar-refractivity contribution in [3.63, 3.8) is 0 Å². The number of ether oxygens (including phenoxy) is 1. The standard InChI is InChI=1S/C16H18N4O3/c1-8(2)10-5-6-22-13(10)15-19-14(20-23-15)9-3-4-11-12(7-9)18-16(21)17-11/h3-4,7-8,10,13H,5-6H2,1-2H3,(H2,17,18,21)/t10-,13-/m0/s1. The van der Waals surface area contributed by atoms with E-state index in [0.717, 1.165) is 29.6 Å². The normalized spacial score (nSPS) is 21.5. The van der Waals surface area contributed by atoms with E-state index in [2.05, 4.69) is 34.0 Å². The predicted octanol–water partition coefficient (Wildman–Crippen LogP) is 2.64. The number of hydrogen-bond donors (Lipinski definition) is 2. The van der Waals surface area contributed by atoms with Crippen LogP contribution in [0.3, 0.4) is 0 Å². The van der Waals surface area contributed by atoms with Crippen molar-refractivity contribution in [3.8, 4) is 11.4 Å². The van der Waals surface area contributed by atoms with Gasteiger partial charge in [-0.3, -0.25) is 0 Å². The van der Waals surface area contributed by atoms with Crippen LogP contribution in [0.15, 0.2) is 27.5 Å². The van der Waals surface area contributed by atoms with E-state index in [-0.39, 0.29) is 11.8 Å². The Morgan fingerprint density at radius 1 is 1.26 bits per heavy atom. The molecule has 1 fully saturated rings. The summed E-state index contributed by atoms with van der Waals surface area (Å²) in [5, 5.41) is 4.07. The molecular weight excluding hydrogens is 296 g/mol. The number of aromatic nitrogens is 4. The van der Waals surface area contributed by atoms with Crippen molar-refractivity contribution in [2.45, 2.75) is 26.4 Å². The maximum absolute atomic E-state index is 11.3. The first-order chi connectivity index (χ1) is 11.1. The van der Waals surface area contributed by atoms with Gasteiger partial charge in [0, 0.05) is 12.2 Å². The smallest absolute Gasteiger partial charge is 0.323 e. The van der Waals surface area contributed by atoms with Crippen molar-refractivity contribution in [3.05, 3.63) is 34.6 Å². The maximum Gasteiger partial charge on any atom is 0.323 e. The Labute approximate surface area is 132 Å². The minimum Gasteiger partial charge on any atom is -0.368 e. The molecule has 0 radical (unpaired) electrons. The molecule has 2 aromatic heterocycles. The van der Waals surface area contributed by atoms with Gasteiger partial charge in [-0.2, -0.15) is 4.98 Å².